The lowest BCUT2D eigenvalue weighted by Gasteiger charge is -2.34. The number of nitrogens with zero attached hydrogens (tertiary/aromatic N) is 4. The number of fused-ring (bicyclic) bond motifs is 1. The van der Waals surface area contributed by atoms with Gasteiger partial charge in [-0.2, -0.15) is 5.10 Å². The van der Waals surface area contributed by atoms with Crippen LogP contribution in [-0.2, 0) is 25.8 Å². The Labute approximate surface area is 172 Å². The Balaban J connectivity index is 1.53. The highest BCUT2D eigenvalue weighted by molar-refractivity contribution is 5.98. The van der Waals surface area contributed by atoms with Gasteiger partial charge in [0.25, 0.3) is 5.56 Å². The van der Waals surface area contributed by atoms with E-state index in [1.54, 1.807) is 11.3 Å². The first kappa shape index (κ1) is 20.0. The van der Waals surface area contributed by atoms with Crippen LogP contribution in [0.2, 0.25) is 0 Å². The summed E-state index contributed by atoms with van der Waals surface area (Å²) in [6.07, 6.45) is 2.29. The van der Waals surface area contributed by atoms with Gasteiger partial charge in [-0.05, 0) is 18.6 Å². The standard InChI is InChI=1S/C20H23N5O5/c1-13(26)30-24-8-6-23(7-9-24)16-4-2-14-11-21-25(20(29)17(14)10-16)12-15-3-5-18(27)22-19(15)28/h2,4,10-11,15H,3,5-9,12H2,1H3,(H,22,27,28). The predicted molar refractivity (Wildman–Crippen MR) is 107 cm³/mol. The van der Waals surface area contributed by atoms with Crippen LogP contribution in [0.4, 0.5) is 5.69 Å². The fourth-order valence-electron chi connectivity index (χ4n) is 3.83. The van der Waals surface area contributed by atoms with Gasteiger partial charge in [0.05, 0.1) is 37.1 Å². The van der Waals surface area contributed by atoms with Gasteiger partial charge in [-0.1, -0.05) is 6.07 Å². The number of carbonyl (C=O) groups is 3. The fourth-order valence-corrected chi connectivity index (χ4v) is 3.83. The summed E-state index contributed by atoms with van der Waals surface area (Å²) in [5, 5.41) is 9.40. The van der Waals surface area contributed by atoms with Crippen molar-refractivity contribution in [3.63, 3.8) is 0 Å². The molecule has 2 saturated heterocycles. The number of benzene rings is 1. The van der Waals surface area contributed by atoms with Crippen molar-refractivity contribution in [1.82, 2.24) is 20.2 Å². The van der Waals surface area contributed by atoms with E-state index in [-0.39, 0.29) is 36.3 Å². The Bertz CT molecular complexity index is 1060. The van der Waals surface area contributed by atoms with Gasteiger partial charge in [0.2, 0.25) is 11.8 Å². The first-order valence-electron chi connectivity index (χ1n) is 9.93. The van der Waals surface area contributed by atoms with Crippen LogP contribution in [-0.4, -0.2) is 58.8 Å². The third-order valence-corrected chi connectivity index (χ3v) is 5.45. The van der Waals surface area contributed by atoms with Gasteiger partial charge in [0, 0.05) is 37.5 Å². The summed E-state index contributed by atoms with van der Waals surface area (Å²) in [4.78, 5) is 54.7. The molecule has 1 N–H and O–H groups in total. The molecule has 2 aromatic rings. The van der Waals surface area contributed by atoms with Crippen molar-refractivity contribution in [3.8, 4) is 0 Å². The van der Waals surface area contributed by atoms with Crippen LogP contribution in [0.15, 0.2) is 29.2 Å². The van der Waals surface area contributed by atoms with Crippen LogP contribution in [0, 0.1) is 5.92 Å². The highest BCUT2D eigenvalue weighted by atomic mass is 16.7. The summed E-state index contributed by atoms with van der Waals surface area (Å²) in [5.74, 6) is -1.44. The van der Waals surface area contributed by atoms with E-state index in [4.69, 9.17) is 4.84 Å². The number of nitrogens with one attached hydrogen (secondary N) is 1. The number of hydrogen-bond donors (Lipinski definition) is 1. The summed E-state index contributed by atoms with van der Waals surface area (Å²) < 4.78 is 1.30. The summed E-state index contributed by atoms with van der Waals surface area (Å²) in [7, 11) is 0. The minimum absolute atomic E-state index is 0.138. The van der Waals surface area contributed by atoms with Crippen molar-refractivity contribution < 1.29 is 19.2 Å². The molecule has 2 amide bonds. The van der Waals surface area contributed by atoms with Gasteiger partial charge in [-0.25, -0.2) is 4.68 Å². The van der Waals surface area contributed by atoms with E-state index in [0.717, 1.165) is 11.1 Å². The van der Waals surface area contributed by atoms with Crippen molar-refractivity contribution in [1.29, 1.82) is 0 Å². The maximum absolute atomic E-state index is 13.0. The lowest BCUT2D eigenvalue weighted by Crippen LogP contribution is -2.46. The van der Waals surface area contributed by atoms with E-state index in [2.05, 4.69) is 15.3 Å². The number of carbonyl (C=O) groups excluding carboxylic acids is 3. The number of aromatic nitrogens is 2. The topological polar surface area (TPSA) is 114 Å². The molecule has 0 radical (unpaired) electrons. The Hall–Kier alpha value is -3.27. The molecule has 1 aromatic carbocycles. The number of piperazine rings is 1. The van der Waals surface area contributed by atoms with Crippen LogP contribution in [0.3, 0.4) is 0 Å². The third kappa shape index (κ3) is 4.18. The summed E-state index contributed by atoms with van der Waals surface area (Å²) in [6, 6.07) is 5.63. The van der Waals surface area contributed by atoms with E-state index in [0.29, 0.717) is 38.0 Å². The SMILES string of the molecule is CC(=O)ON1CCN(c2ccc3cnn(CC4CCC(=O)NC4=O)c(=O)c3c2)CC1. The molecule has 158 valence electrons. The number of rotatable bonds is 4. The average Bonchev–Trinajstić information content (AvgIpc) is 2.72. The molecule has 10 heteroatoms. The van der Waals surface area contributed by atoms with Crippen molar-refractivity contribution in [2.45, 2.75) is 26.3 Å². The van der Waals surface area contributed by atoms with Crippen molar-refractivity contribution >= 4 is 34.2 Å². The van der Waals surface area contributed by atoms with Gasteiger partial charge in [0.1, 0.15) is 0 Å². The van der Waals surface area contributed by atoms with E-state index in [1.807, 2.05) is 18.2 Å². The van der Waals surface area contributed by atoms with Gasteiger partial charge < -0.3 is 9.74 Å². The zero-order valence-corrected chi connectivity index (χ0v) is 16.7. The Morgan fingerprint density at radius 3 is 2.67 bits per heavy atom. The van der Waals surface area contributed by atoms with Gasteiger partial charge in [-0.15, -0.1) is 5.06 Å². The second-order valence-electron chi connectivity index (χ2n) is 7.55. The van der Waals surface area contributed by atoms with Crippen molar-refractivity contribution in [3.05, 3.63) is 34.7 Å². The smallest absolute Gasteiger partial charge is 0.322 e. The largest absolute Gasteiger partial charge is 0.369 e. The average molecular weight is 413 g/mol. The molecular formula is C20H23N5O5. The Morgan fingerprint density at radius 1 is 1.20 bits per heavy atom. The molecule has 0 aliphatic carbocycles. The number of piperidine rings is 1. The normalized spacial score (nSPS) is 20.3. The molecule has 0 bridgehead atoms. The molecule has 2 fully saturated rings. The zero-order chi connectivity index (χ0) is 21.3. The Kier molecular flexibility index (Phi) is 5.49. The number of anilines is 1. The van der Waals surface area contributed by atoms with E-state index >= 15 is 0 Å². The first-order chi connectivity index (χ1) is 14.4. The third-order valence-electron chi connectivity index (χ3n) is 5.45. The lowest BCUT2D eigenvalue weighted by molar-refractivity contribution is -0.188. The number of hydroxylamine groups is 2. The van der Waals surface area contributed by atoms with Crippen LogP contribution < -0.4 is 15.8 Å². The second kappa shape index (κ2) is 8.23. The summed E-state index contributed by atoms with van der Waals surface area (Å²) in [6.45, 7) is 3.99. The van der Waals surface area contributed by atoms with Crippen LogP contribution in [0.5, 0.6) is 0 Å². The molecule has 2 aliphatic heterocycles. The molecule has 1 unspecified atom stereocenters. The molecule has 2 aliphatic rings. The lowest BCUT2D eigenvalue weighted by atomic mass is 9.98. The van der Waals surface area contributed by atoms with Gasteiger partial charge in [-0.3, -0.25) is 24.5 Å². The number of hydrogen-bond acceptors (Lipinski definition) is 8. The quantitative estimate of drug-likeness (QED) is 0.700. The monoisotopic (exact) mass is 413 g/mol. The highest BCUT2D eigenvalue weighted by Gasteiger charge is 2.27. The summed E-state index contributed by atoms with van der Waals surface area (Å²) >= 11 is 0. The van der Waals surface area contributed by atoms with Crippen LogP contribution in [0.1, 0.15) is 19.8 Å². The van der Waals surface area contributed by atoms with E-state index in [9.17, 15) is 19.2 Å². The maximum atomic E-state index is 13.0. The molecule has 0 spiro atoms. The van der Waals surface area contributed by atoms with Crippen molar-refractivity contribution in [2.75, 3.05) is 31.1 Å². The molecule has 30 heavy (non-hydrogen) atoms. The molecule has 4 rings (SSSR count). The molecule has 1 atom stereocenters. The molecule has 10 nitrogen and oxygen atoms in total. The highest BCUT2D eigenvalue weighted by Crippen LogP contribution is 2.21. The zero-order valence-electron chi connectivity index (χ0n) is 16.7. The van der Waals surface area contributed by atoms with Crippen LogP contribution >= 0.6 is 0 Å². The van der Waals surface area contributed by atoms with E-state index < -0.39 is 5.92 Å². The Morgan fingerprint density at radius 2 is 1.97 bits per heavy atom. The minimum Gasteiger partial charge on any atom is -0.369 e. The van der Waals surface area contributed by atoms with Crippen molar-refractivity contribution in [2.24, 2.45) is 5.92 Å². The predicted octanol–water partition coefficient (Wildman–Crippen LogP) is 0.0494. The van der Waals surface area contributed by atoms with Gasteiger partial charge in [0.15, 0.2) is 0 Å². The summed E-state index contributed by atoms with van der Waals surface area (Å²) in [5.41, 5.74) is 0.637. The van der Waals surface area contributed by atoms with Crippen LogP contribution in [0.25, 0.3) is 10.8 Å². The van der Waals surface area contributed by atoms with Gasteiger partial charge >= 0.3 is 5.97 Å². The molecule has 0 saturated carbocycles. The maximum Gasteiger partial charge on any atom is 0.322 e. The first-order valence-corrected chi connectivity index (χ1v) is 9.93. The molecular weight excluding hydrogens is 390 g/mol. The van der Waals surface area contributed by atoms with E-state index in [1.165, 1.54) is 11.6 Å². The molecule has 3 heterocycles. The minimum atomic E-state index is -0.456. The fraction of sp³-hybridized carbons (Fsp3) is 0.450. The second-order valence-corrected chi connectivity index (χ2v) is 7.55. The number of imide groups is 1. The molecule has 1 aromatic heterocycles. The number of amides is 2.